The molecule has 1 amide bonds. The number of esters is 4. The van der Waals surface area contributed by atoms with Gasteiger partial charge in [-0.2, -0.15) is 0 Å². The Labute approximate surface area is 177 Å². The van der Waals surface area contributed by atoms with Gasteiger partial charge in [0.25, 0.3) is 11.6 Å². The zero-order chi connectivity index (χ0) is 23.2. The number of hydrogen-bond acceptors (Lipinski definition) is 10. The second-order valence-corrected chi connectivity index (χ2v) is 6.61. The number of carbonyl (C=O) groups excluding carboxylic acids is 5. The largest absolute Gasteiger partial charge is 0.465 e. The molecule has 2 rings (SSSR count). The molecule has 4 atom stereocenters. The van der Waals surface area contributed by atoms with E-state index in [1.165, 1.54) is 12.1 Å². The lowest BCUT2D eigenvalue weighted by atomic mass is 9.92. The highest BCUT2D eigenvalue weighted by Crippen LogP contribution is 2.32. The van der Waals surface area contributed by atoms with Crippen LogP contribution in [0, 0.1) is 0 Å². The van der Waals surface area contributed by atoms with E-state index in [1.807, 2.05) is 0 Å². The molecule has 0 aliphatic carbocycles. The van der Waals surface area contributed by atoms with Gasteiger partial charge in [0.05, 0.1) is 13.7 Å². The minimum atomic E-state index is -2.38. The molecule has 11 nitrogen and oxygen atoms in total. The third-order valence-electron chi connectivity index (χ3n) is 4.28. The van der Waals surface area contributed by atoms with Crippen molar-refractivity contribution in [1.82, 2.24) is 5.32 Å². The smallest absolute Gasteiger partial charge is 0.363 e. The van der Waals surface area contributed by atoms with Crippen LogP contribution in [-0.2, 0) is 42.9 Å². The van der Waals surface area contributed by atoms with Crippen LogP contribution in [0.2, 0.25) is 0 Å². The zero-order valence-corrected chi connectivity index (χ0v) is 17.4. The Morgan fingerprint density at radius 3 is 2.03 bits per heavy atom. The van der Waals surface area contributed by atoms with Crippen LogP contribution in [0.25, 0.3) is 0 Å². The molecule has 31 heavy (non-hydrogen) atoms. The van der Waals surface area contributed by atoms with Crippen molar-refractivity contribution in [3.05, 3.63) is 35.9 Å². The first-order valence-corrected chi connectivity index (χ1v) is 9.22. The lowest BCUT2D eigenvalue weighted by Gasteiger charge is -2.46. The molecule has 1 aliphatic heterocycles. The highest BCUT2D eigenvalue weighted by Gasteiger charge is 2.62. The van der Waals surface area contributed by atoms with Gasteiger partial charge in [-0.25, -0.2) is 4.79 Å². The Hall–Kier alpha value is -3.47. The zero-order valence-electron chi connectivity index (χ0n) is 17.4. The number of hydrogen-bond donors (Lipinski definition) is 1. The van der Waals surface area contributed by atoms with E-state index in [0.717, 1.165) is 27.9 Å². The lowest BCUT2D eigenvalue weighted by molar-refractivity contribution is -0.262. The molecule has 0 saturated carbocycles. The van der Waals surface area contributed by atoms with Gasteiger partial charge in [0.1, 0.15) is 0 Å². The second-order valence-electron chi connectivity index (χ2n) is 6.61. The van der Waals surface area contributed by atoms with E-state index in [4.69, 9.17) is 23.7 Å². The molecule has 1 saturated heterocycles. The predicted octanol–water partition coefficient (Wildman–Crippen LogP) is 0.111. The van der Waals surface area contributed by atoms with E-state index in [9.17, 15) is 24.0 Å². The van der Waals surface area contributed by atoms with E-state index >= 15 is 0 Å². The first-order valence-electron chi connectivity index (χ1n) is 9.22. The van der Waals surface area contributed by atoms with Crippen molar-refractivity contribution >= 4 is 29.8 Å². The quantitative estimate of drug-likeness (QED) is 0.481. The third kappa shape index (κ3) is 5.57. The molecule has 0 aromatic heterocycles. The van der Waals surface area contributed by atoms with Gasteiger partial charge in [0.15, 0.2) is 12.2 Å². The van der Waals surface area contributed by atoms with Crippen LogP contribution < -0.4 is 5.32 Å². The van der Waals surface area contributed by atoms with E-state index in [0.29, 0.717) is 0 Å². The topological polar surface area (TPSA) is 144 Å². The monoisotopic (exact) mass is 437 g/mol. The third-order valence-corrected chi connectivity index (χ3v) is 4.28. The van der Waals surface area contributed by atoms with Crippen molar-refractivity contribution in [2.75, 3.05) is 13.7 Å². The SMILES string of the molecule is COC(=O)C1(NC(=O)c2ccccc2)OCC(OC(C)=O)C(OC(C)=O)C1OC(C)=O. The Balaban J connectivity index is 2.55. The Kier molecular flexibility index (Phi) is 7.70. The maximum Gasteiger partial charge on any atom is 0.363 e. The summed E-state index contributed by atoms with van der Waals surface area (Å²) in [7, 11) is 1.03. The minimum absolute atomic E-state index is 0.169. The number of carbonyl (C=O) groups is 5. The van der Waals surface area contributed by atoms with Crippen molar-refractivity contribution in [3.8, 4) is 0 Å². The highest BCUT2D eigenvalue weighted by molar-refractivity contribution is 5.98. The van der Waals surface area contributed by atoms with Gasteiger partial charge in [-0.3, -0.25) is 19.2 Å². The second kappa shape index (κ2) is 10.0. The molecule has 0 radical (unpaired) electrons. The predicted molar refractivity (Wildman–Crippen MR) is 101 cm³/mol. The average molecular weight is 437 g/mol. The number of rotatable bonds is 6. The Morgan fingerprint density at radius 2 is 1.52 bits per heavy atom. The number of amides is 1. The average Bonchev–Trinajstić information content (AvgIpc) is 2.71. The molecule has 0 bridgehead atoms. The molecule has 1 N–H and O–H groups in total. The van der Waals surface area contributed by atoms with Crippen molar-refractivity contribution in [1.29, 1.82) is 0 Å². The summed E-state index contributed by atoms with van der Waals surface area (Å²) in [6.45, 7) is 2.76. The summed E-state index contributed by atoms with van der Waals surface area (Å²) in [6.07, 6.45) is -4.43. The summed E-state index contributed by atoms with van der Waals surface area (Å²) in [5.41, 5.74) is -2.22. The molecule has 1 fully saturated rings. The summed E-state index contributed by atoms with van der Waals surface area (Å²) in [4.78, 5) is 60.7. The van der Waals surface area contributed by atoms with Gasteiger partial charge in [-0.15, -0.1) is 0 Å². The first-order chi connectivity index (χ1) is 14.6. The lowest BCUT2D eigenvalue weighted by Crippen LogP contribution is -2.73. The van der Waals surface area contributed by atoms with Crippen LogP contribution in [0.15, 0.2) is 30.3 Å². The van der Waals surface area contributed by atoms with E-state index in [1.54, 1.807) is 18.2 Å². The number of ether oxygens (including phenoxy) is 5. The molecule has 4 unspecified atom stereocenters. The van der Waals surface area contributed by atoms with Gasteiger partial charge < -0.3 is 29.0 Å². The van der Waals surface area contributed by atoms with Gasteiger partial charge in [-0.05, 0) is 12.1 Å². The van der Waals surface area contributed by atoms with Crippen LogP contribution >= 0.6 is 0 Å². The fraction of sp³-hybridized carbons (Fsp3) is 0.450. The van der Waals surface area contributed by atoms with Gasteiger partial charge in [0.2, 0.25) is 6.10 Å². The molecule has 11 heteroatoms. The minimum Gasteiger partial charge on any atom is -0.465 e. The molecule has 1 aromatic rings. The van der Waals surface area contributed by atoms with E-state index < -0.39 is 60.4 Å². The van der Waals surface area contributed by atoms with Crippen molar-refractivity contribution in [2.45, 2.75) is 44.8 Å². The Morgan fingerprint density at radius 1 is 0.935 bits per heavy atom. The van der Waals surface area contributed by atoms with Crippen molar-refractivity contribution in [3.63, 3.8) is 0 Å². The van der Waals surface area contributed by atoms with Crippen molar-refractivity contribution in [2.24, 2.45) is 0 Å². The summed E-state index contributed by atoms with van der Waals surface area (Å²) >= 11 is 0. The number of benzene rings is 1. The first kappa shape index (κ1) is 23.8. The summed E-state index contributed by atoms with van der Waals surface area (Å²) in [5.74, 6) is -4.30. The van der Waals surface area contributed by atoms with E-state index in [2.05, 4.69) is 5.32 Å². The maximum atomic E-state index is 12.8. The standard InChI is InChI=1S/C20H23NO10/c1-11(22)29-15-10-28-20(19(26)27-4,21-18(25)14-8-6-5-7-9-14)17(31-13(3)24)16(15)30-12(2)23/h5-9,15-17H,10H2,1-4H3,(H,21,25). The van der Waals surface area contributed by atoms with Crippen LogP contribution in [-0.4, -0.2) is 67.5 Å². The molecule has 1 heterocycles. The highest BCUT2D eigenvalue weighted by atomic mass is 16.7. The molecule has 0 spiro atoms. The van der Waals surface area contributed by atoms with E-state index in [-0.39, 0.29) is 5.56 Å². The van der Waals surface area contributed by atoms with Crippen LogP contribution in [0.5, 0.6) is 0 Å². The van der Waals surface area contributed by atoms with Crippen molar-refractivity contribution < 1.29 is 47.7 Å². The fourth-order valence-corrected chi connectivity index (χ4v) is 3.10. The Bertz CT molecular complexity index is 855. The molecule has 1 aromatic carbocycles. The molecule has 1 aliphatic rings. The number of nitrogens with one attached hydrogen (secondary N) is 1. The summed E-state index contributed by atoms with van der Waals surface area (Å²) in [5, 5.41) is 2.39. The van der Waals surface area contributed by atoms with Crippen LogP contribution in [0.1, 0.15) is 31.1 Å². The van der Waals surface area contributed by atoms with Crippen LogP contribution in [0.3, 0.4) is 0 Å². The van der Waals surface area contributed by atoms with Crippen LogP contribution in [0.4, 0.5) is 0 Å². The molecular weight excluding hydrogens is 414 g/mol. The maximum absolute atomic E-state index is 12.8. The normalized spacial score (nSPS) is 25.0. The fourth-order valence-electron chi connectivity index (χ4n) is 3.10. The molecule has 168 valence electrons. The number of methoxy groups -OCH3 is 1. The van der Waals surface area contributed by atoms with Gasteiger partial charge in [-0.1, -0.05) is 18.2 Å². The van der Waals surface area contributed by atoms with Gasteiger partial charge >= 0.3 is 23.9 Å². The van der Waals surface area contributed by atoms with Gasteiger partial charge in [0, 0.05) is 26.3 Å². The molecular formula is C20H23NO10. The summed E-state index contributed by atoms with van der Waals surface area (Å²) < 4.78 is 26.0. The summed E-state index contributed by atoms with van der Waals surface area (Å²) in [6, 6.07) is 7.85.